The molecular weight excluding hydrogens is 264 g/mol. The maximum atomic E-state index is 13.6. The summed E-state index contributed by atoms with van der Waals surface area (Å²) >= 11 is 0. The topological polar surface area (TPSA) is 44.5 Å². The summed E-state index contributed by atoms with van der Waals surface area (Å²) in [4.78, 5) is 0. The van der Waals surface area contributed by atoms with Gasteiger partial charge in [-0.3, -0.25) is 0 Å². The van der Waals surface area contributed by atoms with Crippen LogP contribution in [0.3, 0.4) is 0 Å². The van der Waals surface area contributed by atoms with Gasteiger partial charge in [0.25, 0.3) is 0 Å². The summed E-state index contributed by atoms with van der Waals surface area (Å²) in [6.07, 6.45) is 0.0815. The summed E-state index contributed by atoms with van der Waals surface area (Å²) in [6.45, 7) is 0.177. The highest BCUT2D eigenvalue weighted by atomic mass is 19.1. The van der Waals surface area contributed by atoms with Gasteiger partial charge in [0.05, 0.1) is 0 Å². The Balaban J connectivity index is 1.84. The van der Waals surface area contributed by atoms with E-state index in [1.165, 1.54) is 18.2 Å². The number of halogens is 2. The van der Waals surface area contributed by atoms with E-state index in [0.717, 1.165) is 5.56 Å². The number of benzene rings is 2. The van der Waals surface area contributed by atoms with Crippen LogP contribution in [0.25, 0.3) is 0 Å². The van der Waals surface area contributed by atoms with Crippen LogP contribution in [-0.4, -0.2) is 6.79 Å². The maximum Gasteiger partial charge on any atom is 0.231 e. The van der Waals surface area contributed by atoms with E-state index in [-0.39, 0.29) is 18.8 Å². The Morgan fingerprint density at radius 3 is 2.50 bits per heavy atom. The van der Waals surface area contributed by atoms with Gasteiger partial charge < -0.3 is 15.2 Å². The molecule has 1 aliphatic rings. The zero-order valence-electron chi connectivity index (χ0n) is 10.6. The molecule has 0 spiro atoms. The Bertz CT molecular complexity index is 626. The Hall–Kier alpha value is -2.14. The van der Waals surface area contributed by atoms with Crippen LogP contribution in [-0.2, 0) is 6.42 Å². The van der Waals surface area contributed by atoms with Crippen LogP contribution in [0, 0.1) is 11.6 Å². The molecule has 0 aliphatic carbocycles. The molecule has 20 heavy (non-hydrogen) atoms. The third-order valence-corrected chi connectivity index (χ3v) is 3.31. The number of rotatable bonds is 3. The van der Waals surface area contributed by atoms with Gasteiger partial charge in [-0.15, -0.1) is 0 Å². The second-order valence-electron chi connectivity index (χ2n) is 4.62. The van der Waals surface area contributed by atoms with Crippen molar-refractivity contribution >= 4 is 0 Å². The third kappa shape index (κ3) is 2.32. The zero-order valence-corrected chi connectivity index (χ0v) is 10.6. The van der Waals surface area contributed by atoms with Gasteiger partial charge in [0.2, 0.25) is 6.79 Å². The van der Waals surface area contributed by atoms with Crippen molar-refractivity contribution < 1.29 is 18.3 Å². The predicted octanol–water partition coefficient (Wildman–Crippen LogP) is 2.94. The van der Waals surface area contributed by atoms with Crippen molar-refractivity contribution in [2.75, 3.05) is 6.79 Å². The number of hydrogen-bond donors (Lipinski definition) is 1. The molecule has 0 fully saturated rings. The number of hydrogen-bond acceptors (Lipinski definition) is 3. The second-order valence-corrected chi connectivity index (χ2v) is 4.62. The van der Waals surface area contributed by atoms with Crippen LogP contribution in [0.2, 0.25) is 0 Å². The summed E-state index contributed by atoms with van der Waals surface area (Å²) in [5.41, 5.74) is 6.77. The van der Waals surface area contributed by atoms with Crippen LogP contribution in [0.4, 0.5) is 8.78 Å². The van der Waals surface area contributed by atoms with Gasteiger partial charge in [-0.05, 0) is 36.2 Å². The maximum absolute atomic E-state index is 13.6. The molecule has 0 amide bonds. The molecule has 0 bridgehead atoms. The quantitative estimate of drug-likeness (QED) is 0.938. The molecule has 0 saturated heterocycles. The SMILES string of the molecule is NC(Cc1c(F)cccc1F)c1ccc2c(c1)OCO2. The summed E-state index contributed by atoms with van der Waals surface area (Å²) < 4.78 is 37.7. The molecule has 5 heteroatoms. The van der Waals surface area contributed by atoms with E-state index in [9.17, 15) is 8.78 Å². The van der Waals surface area contributed by atoms with E-state index >= 15 is 0 Å². The molecular formula is C15H13F2NO2. The fourth-order valence-electron chi connectivity index (χ4n) is 2.21. The van der Waals surface area contributed by atoms with Crippen LogP contribution < -0.4 is 15.2 Å². The van der Waals surface area contributed by atoms with E-state index in [1.54, 1.807) is 18.2 Å². The molecule has 104 valence electrons. The highest BCUT2D eigenvalue weighted by Gasteiger charge is 2.18. The molecule has 3 rings (SSSR count). The molecule has 0 radical (unpaired) electrons. The van der Waals surface area contributed by atoms with Gasteiger partial charge in [-0.25, -0.2) is 8.78 Å². The number of ether oxygens (including phenoxy) is 2. The molecule has 0 saturated carbocycles. The minimum atomic E-state index is -0.582. The monoisotopic (exact) mass is 277 g/mol. The van der Waals surface area contributed by atoms with Crippen LogP contribution in [0.1, 0.15) is 17.2 Å². The Labute approximate surface area is 114 Å². The van der Waals surface area contributed by atoms with Crippen molar-refractivity contribution in [3.8, 4) is 11.5 Å². The van der Waals surface area contributed by atoms with Gasteiger partial charge in [0.15, 0.2) is 11.5 Å². The smallest absolute Gasteiger partial charge is 0.231 e. The minimum Gasteiger partial charge on any atom is -0.454 e. The molecule has 2 aromatic rings. The van der Waals surface area contributed by atoms with E-state index in [4.69, 9.17) is 15.2 Å². The van der Waals surface area contributed by atoms with Gasteiger partial charge in [0, 0.05) is 11.6 Å². The average molecular weight is 277 g/mol. The van der Waals surface area contributed by atoms with Crippen molar-refractivity contribution in [3.05, 3.63) is 59.2 Å². The lowest BCUT2D eigenvalue weighted by Gasteiger charge is -2.14. The average Bonchev–Trinajstić information content (AvgIpc) is 2.90. The molecule has 1 aliphatic heterocycles. The molecule has 0 aromatic heterocycles. The molecule has 2 N–H and O–H groups in total. The van der Waals surface area contributed by atoms with E-state index < -0.39 is 17.7 Å². The summed E-state index contributed by atoms with van der Waals surface area (Å²) in [5.74, 6) is 0.0902. The predicted molar refractivity (Wildman–Crippen MR) is 69.6 cm³/mol. The Morgan fingerprint density at radius 1 is 1.05 bits per heavy atom. The van der Waals surface area contributed by atoms with Crippen molar-refractivity contribution in [1.29, 1.82) is 0 Å². The number of nitrogens with two attached hydrogens (primary N) is 1. The summed E-state index contributed by atoms with van der Waals surface area (Å²) in [6, 6.07) is 8.53. The van der Waals surface area contributed by atoms with Crippen molar-refractivity contribution in [2.24, 2.45) is 5.73 Å². The van der Waals surface area contributed by atoms with Crippen molar-refractivity contribution in [3.63, 3.8) is 0 Å². The van der Waals surface area contributed by atoms with Crippen LogP contribution >= 0.6 is 0 Å². The fourth-order valence-corrected chi connectivity index (χ4v) is 2.21. The van der Waals surface area contributed by atoms with Crippen molar-refractivity contribution in [1.82, 2.24) is 0 Å². The van der Waals surface area contributed by atoms with Gasteiger partial charge in [-0.2, -0.15) is 0 Å². The Morgan fingerprint density at radius 2 is 1.75 bits per heavy atom. The lowest BCUT2D eigenvalue weighted by atomic mass is 9.98. The zero-order chi connectivity index (χ0) is 14.1. The molecule has 1 heterocycles. The lowest BCUT2D eigenvalue weighted by molar-refractivity contribution is 0.174. The van der Waals surface area contributed by atoms with Crippen molar-refractivity contribution in [2.45, 2.75) is 12.5 Å². The molecule has 2 aromatic carbocycles. The standard InChI is InChI=1S/C15H13F2NO2/c16-11-2-1-3-12(17)10(11)7-13(18)9-4-5-14-15(6-9)20-8-19-14/h1-6,13H,7-8,18H2. The van der Waals surface area contributed by atoms with Gasteiger partial charge >= 0.3 is 0 Å². The van der Waals surface area contributed by atoms with E-state index in [2.05, 4.69) is 0 Å². The van der Waals surface area contributed by atoms with Crippen LogP contribution in [0.5, 0.6) is 11.5 Å². The first-order valence-electron chi connectivity index (χ1n) is 6.23. The lowest BCUT2D eigenvalue weighted by Crippen LogP contribution is -2.15. The highest BCUT2D eigenvalue weighted by molar-refractivity contribution is 5.45. The fraction of sp³-hybridized carbons (Fsp3) is 0.200. The molecule has 3 nitrogen and oxygen atoms in total. The summed E-state index contributed by atoms with van der Waals surface area (Å²) in [7, 11) is 0. The highest BCUT2D eigenvalue weighted by Crippen LogP contribution is 2.34. The van der Waals surface area contributed by atoms with Gasteiger partial charge in [-0.1, -0.05) is 12.1 Å². The molecule has 1 atom stereocenters. The first-order chi connectivity index (χ1) is 9.65. The van der Waals surface area contributed by atoms with Crippen LogP contribution in [0.15, 0.2) is 36.4 Å². The Kier molecular flexibility index (Phi) is 3.28. The van der Waals surface area contributed by atoms with E-state index in [1.807, 2.05) is 0 Å². The van der Waals surface area contributed by atoms with E-state index in [0.29, 0.717) is 11.5 Å². The largest absolute Gasteiger partial charge is 0.454 e. The first-order valence-corrected chi connectivity index (χ1v) is 6.23. The first kappa shape index (κ1) is 12.9. The second kappa shape index (κ2) is 5.09. The third-order valence-electron chi connectivity index (χ3n) is 3.31. The molecule has 1 unspecified atom stereocenters. The summed E-state index contributed by atoms with van der Waals surface area (Å²) in [5, 5.41) is 0. The minimum absolute atomic E-state index is 0.00216. The normalized spacial score (nSPS) is 14.3. The van der Waals surface area contributed by atoms with Gasteiger partial charge in [0.1, 0.15) is 11.6 Å². The number of fused-ring (bicyclic) bond motifs is 1.